The second kappa shape index (κ2) is 9.31. The summed E-state index contributed by atoms with van der Waals surface area (Å²) in [5.41, 5.74) is -2.10. The van der Waals surface area contributed by atoms with Crippen molar-refractivity contribution >= 4 is 11.6 Å². The van der Waals surface area contributed by atoms with Gasteiger partial charge < -0.3 is 40.1 Å². The van der Waals surface area contributed by atoms with Gasteiger partial charge in [0.25, 0.3) is 0 Å². The third-order valence-electron chi connectivity index (χ3n) is 10.3. The van der Waals surface area contributed by atoms with Crippen LogP contribution < -0.4 is 0 Å². The molecule has 5 unspecified atom stereocenters. The van der Waals surface area contributed by atoms with Gasteiger partial charge in [0.15, 0.2) is 17.9 Å². The van der Waals surface area contributed by atoms with Crippen LogP contribution in [0.2, 0.25) is 0 Å². The molecule has 10 heteroatoms. The SMILES string of the molecule is C[C@]12C=CC(=O)C=C1CCC1C2C(O)C[C@@]2(C)C1CCC2(O)C(=O)CO[C@@H]1O[C@H](CO)[C@@H](O)[C@H](O)[C@H]1O. The van der Waals surface area contributed by atoms with Crippen LogP contribution in [-0.4, -0.2) is 97.8 Å². The lowest BCUT2D eigenvalue weighted by Gasteiger charge is -2.59. The molecule has 0 spiro atoms. The Morgan fingerprint density at radius 3 is 2.57 bits per heavy atom. The number of ketones is 2. The van der Waals surface area contributed by atoms with Crippen molar-refractivity contribution in [2.24, 2.45) is 28.6 Å². The summed E-state index contributed by atoms with van der Waals surface area (Å²) in [7, 11) is 0. The lowest BCUT2D eigenvalue weighted by Crippen LogP contribution is -2.62. The molecule has 1 saturated heterocycles. The number of hydrogen-bond acceptors (Lipinski definition) is 10. The van der Waals surface area contributed by atoms with E-state index in [2.05, 4.69) is 6.92 Å². The van der Waals surface area contributed by atoms with Crippen molar-refractivity contribution in [1.29, 1.82) is 0 Å². The van der Waals surface area contributed by atoms with E-state index >= 15 is 0 Å². The molecule has 5 aliphatic rings. The van der Waals surface area contributed by atoms with Gasteiger partial charge >= 0.3 is 0 Å². The van der Waals surface area contributed by atoms with Crippen molar-refractivity contribution in [1.82, 2.24) is 0 Å². The van der Waals surface area contributed by atoms with E-state index in [-0.39, 0.29) is 36.4 Å². The van der Waals surface area contributed by atoms with E-state index in [0.717, 1.165) is 18.4 Å². The van der Waals surface area contributed by atoms with E-state index in [4.69, 9.17) is 9.47 Å². The monoisotopic (exact) mass is 522 g/mol. The van der Waals surface area contributed by atoms with Crippen molar-refractivity contribution in [3.05, 3.63) is 23.8 Å². The molecule has 37 heavy (non-hydrogen) atoms. The van der Waals surface area contributed by atoms with Crippen molar-refractivity contribution in [3.63, 3.8) is 0 Å². The van der Waals surface area contributed by atoms with Crippen molar-refractivity contribution in [2.75, 3.05) is 13.2 Å². The van der Waals surface area contributed by atoms with Crippen LogP contribution in [0.25, 0.3) is 0 Å². The lowest BCUT2D eigenvalue weighted by atomic mass is 9.46. The topological polar surface area (TPSA) is 174 Å². The molecule has 206 valence electrons. The van der Waals surface area contributed by atoms with Crippen LogP contribution in [0.15, 0.2) is 23.8 Å². The van der Waals surface area contributed by atoms with Crippen LogP contribution in [0.1, 0.15) is 46.0 Å². The smallest absolute Gasteiger partial charge is 0.190 e. The fourth-order valence-electron chi connectivity index (χ4n) is 8.27. The Bertz CT molecular complexity index is 1010. The van der Waals surface area contributed by atoms with Gasteiger partial charge in [0.05, 0.1) is 12.7 Å². The quantitative estimate of drug-likeness (QED) is 0.273. The van der Waals surface area contributed by atoms with Crippen molar-refractivity contribution in [2.45, 2.75) is 88.4 Å². The molecule has 6 N–H and O–H groups in total. The largest absolute Gasteiger partial charge is 0.394 e. The predicted octanol–water partition coefficient (Wildman–Crippen LogP) is -0.618. The van der Waals surface area contributed by atoms with Crippen molar-refractivity contribution in [3.8, 4) is 0 Å². The summed E-state index contributed by atoms with van der Waals surface area (Å²) in [6, 6.07) is 0. The summed E-state index contributed by atoms with van der Waals surface area (Å²) in [6.07, 6.45) is -0.603. The molecular formula is C27H38O10. The summed E-state index contributed by atoms with van der Waals surface area (Å²) in [5, 5.41) is 62.8. The molecule has 4 aliphatic carbocycles. The summed E-state index contributed by atoms with van der Waals surface area (Å²) in [6.45, 7) is 2.68. The number of aliphatic hydroxyl groups is 6. The summed E-state index contributed by atoms with van der Waals surface area (Å²) >= 11 is 0. The normalized spacial score (nSPS) is 51.2. The third-order valence-corrected chi connectivity index (χ3v) is 10.3. The molecule has 0 aromatic carbocycles. The van der Waals surface area contributed by atoms with Crippen molar-refractivity contribution < 1.29 is 49.7 Å². The number of hydrogen-bond donors (Lipinski definition) is 6. The maximum atomic E-state index is 13.5. The second-order valence-corrected chi connectivity index (χ2v) is 12.0. The molecule has 12 atom stereocenters. The number of carbonyl (C=O) groups is 2. The number of aliphatic hydroxyl groups excluding tert-OH is 5. The molecular weight excluding hydrogens is 484 g/mol. The molecule has 1 aliphatic heterocycles. The first-order chi connectivity index (χ1) is 17.4. The van der Waals surface area contributed by atoms with Crippen LogP contribution in [0.5, 0.6) is 0 Å². The second-order valence-electron chi connectivity index (χ2n) is 12.0. The van der Waals surface area contributed by atoms with E-state index in [0.29, 0.717) is 6.42 Å². The Hall–Kier alpha value is -1.50. The van der Waals surface area contributed by atoms with E-state index < -0.39 is 72.2 Å². The predicted molar refractivity (Wildman–Crippen MR) is 128 cm³/mol. The van der Waals surface area contributed by atoms with Crippen LogP contribution >= 0.6 is 0 Å². The fraction of sp³-hybridized carbons (Fsp3) is 0.778. The zero-order chi connectivity index (χ0) is 26.9. The number of Topliss-reactive ketones (excluding diaryl/α,β-unsaturated/α-hetero) is 1. The molecule has 0 bridgehead atoms. The Balaban J connectivity index is 1.34. The van der Waals surface area contributed by atoms with Crippen LogP contribution in [0.3, 0.4) is 0 Å². The van der Waals surface area contributed by atoms with Gasteiger partial charge in [-0.1, -0.05) is 25.5 Å². The Morgan fingerprint density at radius 2 is 1.86 bits per heavy atom. The van der Waals surface area contributed by atoms with Gasteiger partial charge in [-0.3, -0.25) is 9.59 Å². The van der Waals surface area contributed by atoms with E-state index in [1.165, 1.54) is 0 Å². The minimum absolute atomic E-state index is 0.0217. The zero-order valence-corrected chi connectivity index (χ0v) is 21.2. The number of carbonyl (C=O) groups excluding carboxylic acids is 2. The highest BCUT2D eigenvalue weighted by Gasteiger charge is 2.68. The highest BCUT2D eigenvalue weighted by atomic mass is 16.7. The Kier molecular flexibility index (Phi) is 6.81. The maximum Gasteiger partial charge on any atom is 0.190 e. The summed E-state index contributed by atoms with van der Waals surface area (Å²) < 4.78 is 10.8. The Labute approximate surface area is 215 Å². The third kappa shape index (κ3) is 3.91. The molecule has 4 fully saturated rings. The highest BCUT2D eigenvalue weighted by molar-refractivity contribution is 6.01. The first-order valence-corrected chi connectivity index (χ1v) is 13.2. The fourth-order valence-corrected chi connectivity index (χ4v) is 8.27. The number of rotatable bonds is 5. The van der Waals surface area contributed by atoms with Crippen LogP contribution in [0.4, 0.5) is 0 Å². The van der Waals surface area contributed by atoms with Gasteiger partial charge in [-0.25, -0.2) is 0 Å². The van der Waals surface area contributed by atoms with Gasteiger partial charge in [-0.05, 0) is 56.1 Å². The zero-order valence-electron chi connectivity index (χ0n) is 21.2. The number of allylic oxidation sites excluding steroid dienone is 4. The number of ether oxygens (including phenoxy) is 2. The average Bonchev–Trinajstić information content (AvgIpc) is 3.13. The van der Waals surface area contributed by atoms with E-state index in [1.807, 2.05) is 13.0 Å². The highest BCUT2D eigenvalue weighted by Crippen LogP contribution is 2.67. The molecule has 0 aromatic heterocycles. The molecule has 5 rings (SSSR count). The van der Waals surface area contributed by atoms with E-state index in [9.17, 15) is 40.2 Å². The summed E-state index contributed by atoms with van der Waals surface area (Å²) in [4.78, 5) is 25.4. The standard InChI is InChI=1S/C27H38O10/c1-25-7-5-14(29)9-13(25)3-4-15-16-6-8-27(35,26(16,2)10-17(30)20(15)25)19(31)12-36-24-23(34)22(33)21(32)18(11-28)37-24/h5,7,9,15-18,20-24,28,30,32-35H,3-4,6,8,10-12H2,1-2H3/t15?,16?,17?,18-,20?,21-,22+,23-,24-,25+,26+,27?/m1/s1. The minimum Gasteiger partial charge on any atom is -0.394 e. The van der Waals surface area contributed by atoms with E-state index in [1.54, 1.807) is 12.2 Å². The first kappa shape index (κ1) is 27.1. The Morgan fingerprint density at radius 1 is 1.14 bits per heavy atom. The average molecular weight is 523 g/mol. The lowest BCUT2D eigenvalue weighted by molar-refractivity contribution is -0.300. The molecule has 0 aromatic rings. The van der Waals surface area contributed by atoms with Gasteiger partial charge in [-0.15, -0.1) is 0 Å². The number of fused-ring (bicyclic) bond motifs is 5. The van der Waals surface area contributed by atoms with Crippen LogP contribution in [-0.2, 0) is 19.1 Å². The van der Waals surface area contributed by atoms with Gasteiger partial charge in [-0.2, -0.15) is 0 Å². The van der Waals surface area contributed by atoms with Gasteiger partial charge in [0, 0.05) is 16.7 Å². The molecule has 0 radical (unpaired) electrons. The van der Waals surface area contributed by atoms with Gasteiger partial charge in [0.1, 0.15) is 36.6 Å². The van der Waals surface area contributed by atoms with Crippen LogP contribution in [0, 0.1) is 28.6 Å². The molecule has 10 nitrogen and oxygen atoms in total. The van der Waals surface area contributed by atoms with Gasteiger partial charge in [0.2, 0.25) is 0 Å². The summed E-state index contributed by atoms with van der Waals surface area (Å²) in [5.74, 6) is -0.738. The minimum atomic E-state index is -1.77. The maximum absolute atomic E-state index is 13.5. The first-order valence-electron chi connectivity index (χ1n) is 13.2. The molecule has 0 amide bonds. The molecule has 1 heterocycles. The molecule has 3 saturated carbocycles.